The number of methoxy groups -OCH3 is 1. The molecule has 118 valence electrons. The lowest BCUT2D eigenvalue weighted by Gasteiger charge is -2.06. The minimum atomic E-state index is -0.0219. The molecule has 0 bridgehead atoms. The highest BCUT2D eigenvalue weighted by Crippen LogP contribution is 2.21. The molecule has 1 amide bonds. The zero-order valence-corrected chi connectivity index (χ0v) is 13.9. The van der Waals surface area contributed by atoms with Crippen molar-refractivity contribution in [3.63, 3.8) is 0 Å². The molecule has 0 fully saturated rings. The smallest absolute Gasteiger partial charge is 0.261 e. The second-order valence-electron chi connectivity index (χ2n) is 5.39. The largest absolute Gasteiger partial charge is 0.497 e. The summed E-state index contributed by atoms with van der Waals surface area (Å²) in [6, 6.07) is 9.34. The fourth-order valence-electron chi connectivity index (χ4n) is 1.81. The summed E-state index contributed by atoms with van der Waals surface area (Å²) in [5.41, 5.74) is 0.988. The predicted octanol–water partition coefficient (Wildman–Crippen LogP) is 3.72. The van der Waals surface area contributed by atoms with Crippen LogP contribution in [0.1, 0.15) is 29.1 Å². The Morgan fingerprint density at radius 2 is 2.05 bits per heavy atom. The summed E-state index contributed by atoms with van der Waals surface area (Å²) in [5.74, 6) is 1.93. The molecule has 2 rings (SSSR count). The summed E-state index contributed by atoms with van der Waals surface area (Å²) in [4.78, 5) is 12.7. The third kappa shape index (κ3) is 4.77. The number of hydrogen-bond donors (Lipinski definition) is 1. The molecule has 4 nitrogen and oxygen atoms in total. The first-order valence-corrected chi connectivity index (χ1v) is 8.09. The minimum Gasteiger partial charge on any atom is -0.497 e. The Hall–Kier alpha value is -2.01. The molecule has 0 radical (unpaired) electrons. The topological polar surface area (TPSA) is 47.6 Å². The van der Waals surface area contributed by atoms with Gasteiger partial charge in [0, 0.05) is 18.2 Å². The highest BCUT2D eigenvalue weighted by molar-refractivity contribution is 7.12. The molecule has 0 atom stereocenters. The van der Waals surface area contributed by atoms with E-state index in [1.807, 2.05) is 35.7 Å². The Morgan fingerprint density at radius 3 is 2.77 bits per heavy atom. The van der Waals surface area contributed by atoms with E-state index in [0.29, 0.717) is 23.9 Å². The van der Waals surface area contributed by atoms with E-state index in [4.69, 9.17) is 9.47 Å². The summed E-state index contributed by atoms with van der Waals surface area (Å²) >= 11 is 1.44. The van der Waals surface area contributed by atoms with Crippen LogP contribution in [0.3, 0.4) is 0 Å². The van der Waals surface area contributed by atoms with Crippen LogP contribution in [0.15, 0.2) is 35.7 Å². The maximum Gasteiger partial charge on any atom is 0.261 e. The molecule has 0 saturated carbocycles. The van der Waals surface area contributed by atoms with Crippen LogP contribution in [0.2, 0.25) is 0 Å². The highest BCUT2D eigenvalue weighted by atomic mass is 32.1. The van der Waals surface area contributed by atoms with Crippen molar-refractivity contribution >= 4 is 17.2 Å². The van der Waals surface area contributed by atoms with E-state index in [1.165, 1.54) is 11.3 Å². The van der Waals surface area contributed by atoms with Crippen molar-refractivity contribution < 1.29 is 14.3 Å². The maximum absolute atomic E-state index is 12.0. The van der Waals surface area contributed by atoms with E-state index in [0.717, 1.165) is 17.1 Å². The van der Waals surface area contributed by atoms with Crippen LogP contribution in [0.5, 0.6) is 11.5 Å². The average molecular weight is 319 g/mol. The lowest BCUT2D eigenvalue weighted by Crippen LogP contribution is -2.26. The van der Waals surface area contributed by atoms with Gasteiger partial charge < -0.3 is 14.8 Å². The first kappa shape index (κ1) is 16.4. The van der Waals surface area contributed by atoms with Gasteiger partial charge in [-0.15, -0.1) is 11.3 Å². The summed E-state index contributed by atoms with van der Waals surface area (Å²) < 4.78 is 10.9. The number of ether oxygens (including phenoxy) is 2. The Bertz CT molecular complexity index is 622. The van der Waals surface area contributed by atoms with Crippen molar-refractivity contribution in [3.8, 4) is 11.5 Å². The molecule has 0 aliphatic heterocycles. The average Bonchev–Trinajstić information content (AvgIpc) is 3.00. The van der Waals surface area contributed by atoms with E-state index < -0.39 is 0 Å². The van der Waals surface area contributed by atoms with Crippen molar-refractivity contribution in [2.24, 2.45) is 5.92 Å². The first-order chi connectivity index (χ1) is 10.6. The van der Waals surface area contributed by atoms with Gasteiger partial charge in [-0.3, -0.25) is 4.79 Å². The summed E-state index contributed by atoms with van der Waals surface area (Å²) in [7, 11) is 1.63. The van der Waals surface area contributed by atoms with Gasteiger partial charge in [0.2, 0.25) is 0 Å². The number of rotatable bonds is 7. The molecule has 1 aromatic heterocycles. The first-order valence-electron chi connectivity index (χ1n) is 7.21. The van der Waals surface area contributed by atoms with Crippen LogP contribution in [0.4, 0.5) is 0 Å². The van der Waals surface area contributed by atoms with Crippen molar-refractivity contribution in [2.45, 2.75) is 20.5 Å². The van der Waals surface area contributed by atoms with Gasteiger partial charge in [-0.05, 0) is 29.5 Å². The zero-order chi connectivity index (χ0) is 15.9. The number of hydrogen-bond acceptors (Lipinski definition) is 4. The zero-order valence-electron chi connectivity index (χ0n) is 13.1. The lowest BCUT2D eigenvalue weighted by molar-refractivity contribution is 0.0953. The molecule has 0 aliphatic rings. The second kappa shape index (κ2) is 7.84. The van der Waals surface area contributed by atoms with Gasteiger partial charge >= 0.3 is 0 Å². The highest BCUT2D eigenvalue weighted by Gasteiger charge is 2.09. The van der Waals surface area contributed by atoms with E-state index in [1.54, 1.807) is 7.11 Å². The number of carbonyl (C=O) groups excluding carboxylic acids is 1. The van der Waals surface area contributed by atoms with Crippen LogP contribution in [0.25, 0.3) is 0 Å². The number of thiophene rings is 1. The van der Waals surface area contributed by atoms with Crippen molar-refractivity contribution in [3.05, 3.63) is 46.2 Å². The van der Waals surface area contributed by atoms with Crippen LogP contribution >= 0.6 is 11.3 Å². The molecule has 5 heteroatoms. The number of amides is 1. The molecule has 1 N–H and O–H groups in total. The lowest BCUT2D eigenvalue weighted by atomic mass is 10.2. The summed E-state index contributed by atoms with van der Waals surface area (Å²) in [6.45, 7) is 5.26. The molecule has 0 unspecified atom stereocenters. The SMILES string of the molecule is COc1cccc(OCc2csc(C(=O)NCC(C)C)c2)c1. The Morgan fingerprint density at radius 1 is 1.27 bits per heavy atom. The fraction of sp³-hybridized carbons (Fsp3) is 0.353. The van der Waals surface area contributed by atoms with E-state index >= 15 is 0 Å². The normalized spacial score (nSPS) is 10.5. The number of benzene rings is 1. The van der Waals surface area contributed by atoms with Crippen LogP contribution in [-0.2, 0) is 6.61 Å². The van der Waals surface area contributed by atoms with E-state index in [9.17, 15) is 4.79 Å². The van der Waals surface area contributed by atoms with Gasteiger partial charge in [0.05, 0.1) is 12.0 Å². The second-order valence-corrected chi connectivity index (χ2v) is 6.30. The van der Waals surface area contributed by atoms with Crippen molar-refractivity contribution in [1.29, 1.82) is 0 Å². The Balaban J connectivity index is 1.90. The molecular formula is C17H21NO3S. The third-order valence-corrected chi connectivity index (χ3v) is 3.97. The summed E-state index contributed by atoms with van der Waals surface area (Å²) in [5, 5.41) is 4.86. The van der Waals surface area contributed by atoms with Crippen molar-refractivity contribution in [2.75, 3.05) is 13.7 Å². The maximum atomic E-state index is 12.0. The molecule has 22 heavy (non-hydrogen) atoms. The number of carbonyl (C=O) groups is 1. The van der Waals surface area contributed by atoms with Gasteiger partial charge in [0.1, 0.15) is 18.1 Å². The summed E-state index contributed by atoms with van der Waals surface area (Å²) in [6.07, 6.45) is 0. The third-order valence-electron chi connectivity index (χ3n) is 3.00. The molecule has 0 spiro atoms. The van der Waals surface area contributed by atoms with Crippen LogP contribution in [0, 0.1) is 5.92 Å². The number of nitrogens with one attached hydrogen (secondary N) is 1. The van der Waals surface area contributed by atoms with Crippen molar-refractivity contribution in [1.82, 2.24) is 5.32 Å². The molecule has 0 aliphatic carbocycles. The van der Waals surface area contributed by atoms with E-state index in [-0.39, 0.29) is 5.91 Å². The standard InChI is InChI=1S/C17H21NO3S/c1-12(2)9-18-17(19)16-7-13(11-22-16)10-21-15-6-4-5-14(8-15)20-3/h4-8,11-12H,9-10H2,1-3H3,(H,18,19). The van der Waals surface area contributed by atoms with Crippen LogP contribution in [-0.4, -0.2) is 19.6 Å². The Kier molecular flexibility index (Phi) is 5.83. The van der Waals surface area contributed by atoms with Gasteiger partial charge in [-0.1, -0.05) is 19.9 Å². The molecular weight excluding hydrogens is 298 g/mol. The predicted molar refractivity (Wildman–Crippen MR) is 88.8 cm³/mol. The molecule has 1 aromatic carbocycles. The Labute approximate surface area is 135 Å². The molecule has 1 heterocycles. The van der Waals surface area contributed by atoms with Gasteiger partial charge in [0.25, 0.3) is 5.91 Å². The monoisotopic (exact) mass is 319 g/mol. The molecule has 2 aromatic rings. The fourth-order valence-corrected chi connectivity index (χ4v) is 2.62. The molecule has 0 saturated heterocycles. The van der Waals surface area contributed by atoms with Crippen LogP contribution < -0.4 is 14.8 Å². The van der Waals surface area contributed by atoms with Gasteiger partial charge in [-0.25, -0.2) is 0 Å². The van der Waals surface area contributed by atoms with Gasteiger partial charge in [0.15, 0.2) is 0 Å². The quantitative estimate of drug-likeness (QED) is 0.846. The van der Waals surface area contributed by atoms with Gasteiger partial charge in [-0.2, -0.15) is 0 Å². The van der Waals surface area contributed by atoms with E-state index in [2.05, 4.69) is 19.2 Å². The minimum absolute atomic E-state index is 0.0219.